The molecule has 2 N–H and O–H groups in total. The van der Waals surface area contributed by atoms with Crippen LogP contribution in [0.3, 0.4) is 0 Å². The first-order valence-corrected chi connectivity index (χ1v) is 8.95. The highest BCUT2D eigenvalue weighted by atomic mass is 32.2. The number of rotatable bonds is 4. The van der Waals surface area contributed by atoms with Crippen LogP contribution in [0.25, 0.3) is 0 Å². The third kappa shape index (κ3) is 4.96. The maximum absolute atomic E-state index is 13.0. The Morgan fingerprint density at radius 3 is 2.91 bits per heavy atom. The first kappa shape index (κ1) is 16.7. The number of nitrogens with one attached hydrogen (secondary N) is 2. The van der Waals surface area contributed by atoms with Gasteiger partial charge in [0, 0.05) is 25.3 Å². The second-order valence-corrected chi connectivity index (χ2v) is 7.46. The number of carbonyl (C=O) groups is 1. The van der Waals surface area contributed by atoms with Crippen LogP contribution in [0.15, 0.2) is 24.3 Å². The lowest BCUT2D eigenvalue weighted by Gasteiger charge is -2.30. The fourth-order valence-electron chi connectivity index (χ4n) is 2.47. The molecule has 0 aromatic heterocycles. The number of hydrogen-bond donors (Lipinski definition) is 2. The summed E-state index contributed by atoms with van der Waals surface area (Å²) in [4.78, 5) is 11.8. The van der Waals surface area contributed by atoms with Crippen LogP contribution in [0.2, 0.25) is 0 Å². The molecule has 1 atom stereocenters. The molecular weight excluding hydrogens is 309 g/mol. The van der Waals surface area contributed by atoms with E-state index in [1.165, 1.54) is 28.8 Å². The van der Waals surface area contributed by atoms with E-state index in [0.717, 1.165) is 12.8 Å². The molecule has 1 heterocycles. The van der Waals surface area contributed by atoms with Crippen molar-refractivity contribution in [1.29, 1.82) is 0 Å². The molecule has 1 aliphatic rings. The molecule has 8 heteroatoms. The van der Waals surface area contributed by atoms with Gasteiger partial charge in [-0.2, -0.15) is 0 Å². The highest BCUT2D eigenvalue weighted by molar-refractivity contribution is 7.88. The maximum Gasteiger partial charge on any atom is 0.319 e. The number of nitrogens with zero attached hydrogens (tertiary/aromatic N) is 1. The summed E-state index contributed by atoms with van der Waals surface area (Å²) in [6.07, 6.45) is 2.84. The number of hydrogen-bond acceptors (Lipinski definition) is 3. The van der Waals surface area contributed by atoms with E-state index in [4.69, 9.17) is 0 Å². The molecular formula is C14H20FN3O3S. The third-order valence-electron chi connectivity index (χ3n) is 3.58. The van der Waals surface area contributed by atoms with Gasteiger partial charge in [-0.1, -0.05) is 6.07 Å². The van der Waals surface area contributed by atoms with Crippen LogP contribution >= 0.6 is 0 Å². The molecule has 0 saturated carbocycles. The zero-order valence-electron chi connectivity index (χ0n) is 12.4. The standard InChI is InChI=1S/C14H20FN3O3S/c1-22(20,21)18-7-3-4-11(10-18)9-16-14(19)17-13-6-2-5-12(15)8-13/h2,5-6,8,11H,3-4,7,9-10H2,1H3,(H2,16,17,19)/t11-/m0/s1. The minimum atomic E-state index is -3.19. The molecule has 0 bridgehead atoms. The number of halogens is 1. The van der Waals surface area contributed by atoms with E-state index in [9.17, 15) is 17.6 Å². The Hall–Kier alpha value is -1.67. The lowest BCUT2D eigenvalue weighted by Crippen LogP contribution is -2.43. The number of amides is 2. The number of sulfonamides is 1. The van der Waals surface area contributed by atoms with Crippen molar-refractivity contribution < 1.29 is 17.6 Å². The van der Waals surface area contributed by atoms with Crippen molar-refractivity contribution in [2.45, 2.75) is 12.8 Å². The summed E-state index contributed by atoms with van der Waals surface area (Å²) in [5, 5.41) is 5.24. The largest absolute Gasteiger partial charge is 0.338 e. The van der Waals surface area contributed by atoms with Gasteiger partial charge >= 0.3 is 6.03 Å². The molecule has 0 aliphatic carbocycles. The predicted molar refractivity (Wildman–Crippen MR) is 82.6 cm³/mol. The minimum absolute atomic E-state index is 0.0849. The molecule has 0 unspecified atom stereocenters. The quantitative estimate of drug-likeness (QED) is 0.881. The molecule has 2 rings (SSSR count). The average molecular weight is 329 g/mol. The van der Waals surface area contributed by atoms with E-state index in [-0.39, 0.29) is 5.92 Å². The number of urea groups is 1. The summed E-state index contributed by atoms with van der Waals surface area (Å²) in [5.74, 6) is -0.337. The molecule has 1 fully saturated rings. The second kappa shape index (κ2) is 7.06. The Morgan fingerprint density at radius 1 is 1.45 bits per heavy atom. The first-order chi connectivity index (χ1) is 10.3. The van der Waals surface area contributed by atoms with E-state index in [1.807, 2.05) is 0 Å². The van der Waals surface area contributed by atoms with Gasteiger partial charge in [0.05, 0.1) is 6.26 Å². The molecule has 1 aromatic carbocycles. The van der Waals surface area contributed by atoms with E-state index in [2.05, 4.69) is 10.6 Å². The van der Waals surface area contributed by atoms with Crippen molar-refractivity contribution in [1.82, 2.24) is 9.62 Å². The fourth-order valence-corrected chi connectivity index (χ4v) is 3.42. The monoisotopic (exact) mass is 329 g/mol. The van der Waals surface area contributed by atoms with Gasteiger partial charge < -0.3 is 10.6 Å². The summed E-state index contributed by atoms with van der Waals surface area (Å²) in [7, 11) is -3.19. The molecule has 22 heavy (non-hydrogen) atoms. The zero-order chi connectivity index (χ0) is 16.2. The van der Waals surface area contributed by atoms with Crippen LogP contribution in [-0.2, 0) is 10.0 Å². The first-order valence-electron chi connectivity index (χ1n) is 7.10. The molecule has 1 saturated heterocycles. The lowest BCUT2D eigenvalue weighted by molar-refractivity contribution is 0.239. The van der Waals surface area contributed by atoms with E-state index in [0.29, 0.717) is 25.3 Å². The van der Waals surface area contributed by atoms with Gasteiger partial charge in [-0.25, -0.2) is 21.9 Å². The lowest BCUT2D eigenvalue weighted by atomic mass is 10.00. The highest BCUT2D eigenvalue weighted by Crippen LogP contribution is 2.18. The summed E-state index contributed by atoms with van der Waals surface area (Å²) in [5.41, 5.74) is 0.374. The van der Waals surface area contributed by atoms with Gasteiger partial charge in [0.1, 0.15) is 5.82 Å². The number of carbonyl (C=O) groups excluding carboxylic acids is 1. The van der Waals surface area contributed by atoms with Crippen molar-refractivity contribution >= 4 is 21.7 Å². The zero-order valence-corrected chi connectivity index (χ0v) is 13.2. The number of benzene rings is 1. The van der Waals surface area contributed by atoms with Gasteiger partial charge in [0.25, 0.3) is 0 Å². The Bertz CT molecular complexity index is 636. The maximum atomic E-state index is 13.0. The van der Waals surface area contributed by atoms with Gasteiger partial charge in [-0.3, -0.25) is 0 Å². The molecule has 0 spiro atoms. The van der Waals surface area contributed by atoms with Crippen LogP contribution in [0.5, 0.6) is 0 Å². The minimum Gasteiger partial charge on any atom is -0.338 e. The SMILES string of the molecule is CS(=O)(=O)N1CCC[C@@H](CNC(=O)Nc2cccc(F)c2)C1. The van der Waals surface area contributed by atoms with Crippen molar-refractivity contribution in [3.63, 3.8) is 0 Å². The number of anilines is 1. The Labute approximate surface area is 129 Å². The number of piperidine rings is 1. The normalized spacial score (nSPS) is 19.6. The Morgan fingerprint density at radius 2 is 2.23 bits per heavy atom. The van der Waals surface area contributed by atoms with Gasteiger partial charge in [-0.05, 0) is 37.0 Å². The third-order valence-corrected chi connectivity index (χ3v) is 4.85. The fraction of sp³-hybridized carbons (Fsp3) is 0.500. The van der Waals surface area contributed by atoms with Crippen LogP contribution in [-0.4, -0.2) is 44.6 Å². The van der Waals surface area contributed by atoms with E-state index >= 15 is 0 Å². The van der Waals surface area contributed by atoms with Gasteiger partial charge in [-0.15, -0.1) is 0 Å². The average Bonchev–Trinajstić information content (AvgIpc) is 2.45. The summed E-state index contributed by atoms with van der Waals surface area (Å²) < 4.78 is 37.5. The molecule has 122 valence electrons. The summed E-state index contributed by atoms with van der Waals surface area (Å²) in [6, 6.07) is 5.20. The Balaban J connectivity index is 1.81. The molecule has 1 aromatic rings. The van der Waals surface area contributed by atoms with Crippen LogP contribution in [0.1, 0.15) is 12.8 Å². The highest BCUT2D eigenvalue weighted by Gasteiger charge is 2.25. The summed E-state index contributed by atoms with van der Waals surface area (Å²) in [6.45, 7) is 1.33. The molecule has 1 aliphatic heterocycles. The molecule has 0 radical (unpaired) electrons. The molecule has 2 amide bonds. The van der Waals surface area contributed by atoms with Crippen LogP contribution in [0, 0.1) is 11.7 Å². The van der Waals surface area contributed by atoms with E-state index in [1.54, 1.807) is 6.07 Å². The van der Waals surface area contributed by atoms with Crippen LogP contribution in [0.4, 0.5) is 14.9 Å². The van der Waals surface area contributed by atoms with Gasteiger partial charge in [0.2, 0.25) is 10.0 Å². The predicted octanol–water partition coefficient (Wildman–Crippen LogP) is 1.62. The summed E-state index contributed by atoms with van der Waals surface area (Å²) >= 11 is 0. The van der Waals surface area contributed by atoms with E-state index < -0.39 is 21.9 Å². The van der Waals surface area contributed by atoms with Crippen molar-refractivity contribution in [3.05, 3.63) is 30.1 Å². The topological polar surface area (TPSA) is 78.5 Å². The Kier molecular flexibility index (Phi) is 5.36. The van der Waals surface area contributed by atoms with Crippen molar-refractivity contribution in [2.75, 3.05) is 31.2 Å². The van der Waals surface area contributed by atoms with Gasteiger partial charge in [0.15, 0.2) is 0 Å². The van der Waals surface area contributed by atoms with Crippen LogP contribution < -0.4 is 10.6 Å². The van der Waals surface area contributed by atoms with Crippen molar-refractivity contribution in [3.8, 4) is 0 Å². The van der Waals surface area contributed by atoms with Crippen molar-refractivity contribution in [2.24, 2.45) is 5.92 Å². The second-order valence-electron chi connectivity index (χ2n) is 5.47. The smallest absolute Gasteiger partial charge is 0.319 e. The molecule has 6 nitrogen and oxygen atoms in total.